The third-order valence-corrected chi connectivity index (χ3v) is 3.32. The summed E-state index contributed by atoms with van der Waals surface area (Å²) in [7, 11) is 0. The van der Waals surface area contributed by atoms with Crippen molar-refractivity contribution in [3.8, 4) is 0 Å². The van der Waals surface area contributed by atoms with Crippen molar-refractivity contribution in [2.45, 2.75) is 38.6 Å². The van der Waals surface area contributed by atoms with Crippen LogP contribution in [0.25, 0.3) is 0 Å². The van der Waals surface area contributed by atoms with Gasteiger partial charge in [0, 0.05) is 17.7 Å². The van der Waals surface area contributed by atoms with Crippen molar-refractivity contribution in [3.63, 3.8) is 0 Å². The van der Waals surface area contributed by atoms with Crippen molar-refractivity contribution in [2.24, 2.45) is 0 Å². The van der Waals surface area contributed by atoms with Crippen molar-refractivity contribution >= 4 is 5.69 Å². The van der Waals surface area contributed by atoms with Crippen LogP contribution in [-0.2, 0) is 0 Å². The Morgan fingerprint density at radius 1 is 1.35 bits per heavy atom. The first kappa shape index (κ1) is 12.0. The predicted molar refractivity (Wildman–Crippen MR) is 67.0 cm³/mol. The zero-order chi connectivity index (χ0) is 12.3. The topological polar surface area (TPSA) is 55.2 Å². The highest BCUT2D eigenvalue weighted by Gasteiger charge is 2.22. The number of nitro benzene ring substituents is 1. The molecule has 0 spiro atoms. The van der Waals surface area contributed by atoms with Gasteiger partial charge in [-0.2, -0.15) is 0 Å². The largest absolute Gasteiger partial charge is 0.310 e. The summed E-state index contributed by atoms with van der Waals surface area (Å²) in [6.07, 6.45) is 4.51. The van der Waals surface area contributed by atoms with Gasteiger partial charge in [0.15, 0.2) is 0 Å². The van der Waals surface area contributed by atoms with E-state index in [0.717, 1.165) is 36.9 Å². The van der Waals surface area contributed by atoms with Crippen LogP contribution in [0.1, 0.15) is 42.9 Å². The molecule has 0 aromatic heterocycles. The molecule has 0 bridgehead atoms. The van der Waals surface area contributed by atoms with E-state index < -0.39 is 0 Å². The highest BCUT2D eigenvalue weighted by Crippen LogP contribution is 2.30. The molecule has 2 rings (SSSR count). The van der Waals surface area contributed by atoms with Crippen LogP contribution in [-0.4, -0.2) is 11.5 Å². The number of benzene rings is 1. The Labute approximate surface area is 101 Å². The molecule has 0 saturated carbocycles. The first-order valence-electron chi connectivity index (χ1n) is 6.17. The van der Waals surface area contributed by atoms with E-state index in [-0.39, 0.29) is 16.7 Å². The molecular weight excluding hydrogens is 216 g/mol. The third-order valence-electron chi connectivity index (χ3n) is 3.32. The van der Waals surface area contributed by atoms with Crippen molar-refractivity contribution in [1.29, 1.82) is 0 Å². The summed E-state index contributed by atoms with van der Waals surface area (Å²) >= 11 is 0. The molecule has 0 amide bonds. The SMILES string of the molecule is Cc1ccc([N+](=O)[O-])c(C2CCCCCN2)c1. The number of nitrogens with one attached hydrogen (secondary N) is 1. The molecule has 1 unspecified atom stereocenters. The number of rotatable bonds is 2. The van der Waals surface area contributed by atoms with Gasteiger partial charge >= 0.3 is 0 Å². The number of nitro groups is 1. The minimum atomic E-state index is -0.276. The average molecular weight is 234 g/mol. The fourth-order valence-electron chi connectivity index (χ4n) is 2.41. The normalized spacial score (nSPS) is 20.9. The van der Waals surface area contributed by atoms with Crippen molar-refractivity contribution in [1.82, 2.24) is 5.32 Å². The molecule has 1 aliphatic heterocycles. The van der Waals surface area contributed by atoms with Gasteiger partial charge in [-0.15, -0.1) is 0 Å². The van der Waals surface area contributed by atoms with Crippen LogP contribution in [0, 0.1) is 17.0 Å². The summed E-state index contributed by atoms with van der Waals surface area (Å²) < 4.78 is 0. The molecule has 4 heteroatoms. The lowest BCUT2D eigenvalue weighted by Crippen LogP contribution is -2.21. The lowest BCUT2D eigenvalue weighted by atomic mass is 9.98. The second kappa shape index (κ2) is 5.27. The van der Waals surface area contributed by atoms with Crippen LogP contribution in [0.4, 0.5) is 5.69 Å². The summed E-state index contributed by atoms with van der Waals surface area (Å²) in [5, 5.41) is 14.5. The minimum Gasteiger partial charge on any atom is -0.310 e. The van der Waals surface area contributed by atoms with E-state index >= 15 is 0 Å². The number of nitrogens with zero attached hydrogens (tertiary/aromatic N) is 1. The minimum absolute atomic E-state index is 0.137. The first-order chi connectivity index (χ1) is 8.18. The zero-order valence-electron chi connectivity index (χ0n) is 10.1. The van der Waals surface area contributed by atoms with Crippen molar-refractivity contribution < 1.29 is 4.92 Å². The van der Waals surface area contributed by atoms with E-state index in [4.69, 9.17) is 0 Å². The summed E-state index contributed by atoms with van der Waals surface area (Å²) in [4.78, 5) is 10.8. The Morgan fingerprint density at radius 3 is 2.94 bits per heavy atom. The first-order valence-corrected chi connectivity index (χ1v) is 6.17. The molecule has 1 N–H and O–H groups in total. The fraction of sp³-hybridized carbons (Fsp3) is 0.538. The van der Waals surface area contributed by atoms with E-state index in [2.05, 4.69) is 5.32 Å². The maximum Gasteiger partial charge on any atom is 0.274 e. The number of aryl methyl sites for hydroxylation is 1. The van der Waals surface area contributed by atoms with Crippen molar-refractivity contribution in [3.05, 3.63) is 39.4 Å². The van der Waals surface area contributed by atoms with Crippen LogP contribution in [0.3, 0.4) is 0 Å². The molecular formula is C13H18N2O2. The lowest BCUT2D eigenvalue weighted by Gasteiger charge is -2.16. The van der Waals surface area contributed by atoms with Gasteiger partial charge in [-0.25, -0.2) is 0 Å². The maximum absolute atomic E-state index is 11.0. The van der Waals surface area contributed by atoms with Gasteiger partial charge in [0.1, 0.15) is 0 Å². The maximum atomic E-state index is 11.0. The predicted octanol–water partition coefficient (Wildman–Crippen LogP) is 3.11. The van der Waals surface area contributed by atoms with Crippen LogP contribution in [0.15, 0.2) is 18.2 Å². The second-order valence-corrected chi connectivity index (χ2v) is 4.68. The summed E-state index contributed by atoms with van der Waals surface area (Å²) in [5.74, 6) is 0. The lowest BCUT2D eigenvalue weighted by molar-refractivity contribution is -0.385. The molecule has 0 aliphatic carbocycles. The molecule has 17 heavy (non-hydrogen) atoms. The van der Waals surface area contributed by atoms with Gasteiger partial charge < -0.3 is 5.32 Å². The number of hydrogen-bond donors (Lipinski definition) is 1. The Kier molecular flexibility index (Phi) is 3.74. The van der Waals surface area contributed by atoms with Gasteiger partial charge in [0.05, 0.1) is 4.92 Å². The van der Waals surface area contributed by atoms with Crippen molar-refractivity contribution in [2.75, 3.05) is 6.54 Å². The molecule has 1 heterocycles. The molecule has 1 aromatic carbocycles. The molecule has 1 aliphatic rings. The fourth-order valence-corrected chi connectivity index (χ4v) is 2.41. The quantitative estimate of drug-likeness (QED) is 0.632. The Morgan fingerprint density at radius 2 is 2.18 bits per heavy atom. The zero-order valence-corrected chi connectivity index (χ0v) is 10.1. The standard InChI is InChI=1S/C13H18N2O2/c1-10-6-7-13(15(16)17)11(9-10)12-5-3-2-4-8-14-12/h6-7,9,12,14H,2-5,8H2,1H3. The van der Waals surface area contributed by atoms with Gasteiger partial charge in [-0.3, -0.25) is 10.1 Å². The Bertz CT molecular complexity index is 410. The van der Waals surface area contributed by atoms with Crippen LogP contribution in [0.5, 0.6) is 0 Å². The van der Waals surface area contributed by atoms with Crippen LogP contribution < -0.4 is 5.32 Å². The van der Waals surface area contributed by atoms with Gasteiger partial charge in [0.2, 0.25) is 0 Å². The highest BCUT2D eigenvalue weighted by atomic mass is 16.6. The average Bonchev–Trinajstić information content (AvgIpc) is 2.56. The highest BCUT2D eigenvalue weighted by molar-refractivity contribution is 5.44. The third kappa shape index (κ3) is 2.82. The molecule has 0 radical (unpaired) electrons. The van der Waals surface area contributed by atoms with E-state index in [1.54, 1.807) is 12.1 Å². The van der Waals surface area contributed by atoms with Gasteiger partial charge in [-0.1, -0.05) is 24.5 Å². The van der Waals surface area contributed by atoms with Crippen LogP contribution >= 0.6 is 0 Å². The second-order valence-electron chi connectivity index (χ2n) is 4.68. The molecule has 92 valence electrons. The monoisotopic (exact) mass is 234 g/mol. The Balaban J connectivity index is 2.34. The smallest absolute Gasteiger partial charge is 0.274 e. The number of hydrogen-bond acceptors (Lipinski definition) is 3. The molecule has 1 saturated heterocycles. The summed E-state index contributed by atoms with van der Waals surface area (Å²) in [5.41, 5.74) is 2.17. The Hall–Kier alpha value is -1.42. The van der Waals surface area contributed by atoms with E-state index in [1.165, 1.54) is 6.42 Å². The molecule has 1 fully saturated rings. The molecule has 1 atom stereocenters. The van der Waals surface area contributed by atoms with E-state index in [0.29, 0.717) is 0 Å². The summed E-state index contributed by atoms with van der Waals surface area (Å²) in [6, 6.07) is 5.51. The summed E-state index contributed by atoms with van der Waals surface area (Å²) in [6.45, 7) is 2.93. The molecule has 1 aromatic rings. The molecule has 4 nitrogen and oxygen atoms in total. The van der Waals surface area contributed by atoms with E-state index in [9.17, 15) is 10.1 Å². The van der Waals surface area contributed by atoms with Crippen LogP contribution in [0.2, 0.25) is 0 Å². The van der Waals surface area contributed by atoms with Gasteiger partial charge in [-0.05, 0) is 32.4 Å². The van der Waals surface area contributed by atoms with E-state index in [1.807, 2.05) is 13.0 Å². The van der Waals surface area contributed by atoms with Gasteiger partial charge in [0.25, 0.3) is 5.69 Å².